The van der Waals surface area contributed by atoms with Crippen molar-refractivity contribution < 1.29 is 4.79 Å². The van der Waals surface area contributed by atoms with E-state index in [4.69, 9.17) is 16.6 Å². The van der Waals surface area contributed by atoms with Crippen molar-refractivity contribution in [3.8, 4) is 0 Å². The topological polar surface area (TPSA) is 42.0 Å². The van der Waals surface area contributed by atoms with Crippen LogP contribution in [0.5, 0.6) is 0 Å². The third kappa shape index (κ3) is 5.16. The van der Waals surface area contributed by atoms with Gasteiger partial charge in [0.05, 0.1) is 11.3 Å². The van der Waals surface area contributed by atoms with Gasteiger partial charge in [0.25, 0.3) is 0 Å². The number of thioether (sulfide) groups is 1. The maximum Gasteiger partial charge on any atom is 0.230 e. The minimum Gasteiger partial charge on any atom is -0.353 e. The molecule has 5 heteroatoms. The Morgan fingerprint density at radius 3 is 2.80 bits per heavy atom. The van der Waals surface area contributed by atoms with E-state index in [0.29, 0.717) is 10.8 Å². The fraction of sp³-hybridized carbons (Fsp3) is 0.360. The summed E-state index contributed by atoms with van der Waals surface area (Å²) in [5, 5.41) is 4.94. The standard InChI is InChI=1S/C25H27ClN2OS/c1-17(11-12-18-7-3-2-4-8-18)27-24(29)16-30-25-20-9-5-6-10-22(20)28-23-14-13-19(26)15-21(23)25/h2-4,7-8,13-15,17H,5-6,9-12,16H2,1H3,(H,27,29). The zero-order valence-corrected chi connectivity index (χ0v) is 18.9. The lowest BCUT2D eigenvalue weighted by molar-refractivity contribution is -0.119. The number of aromatic nitrogens is 1. The van der Waals surface area contributed by atoms with E-state index in [1.54, 1.807) is 11.8 Å². The van der Waals surface area contributed by atoms with Gasteiger partial charge in [-0.3, -0.25) is 9.78 Å². The smallest absolute Gasteiger partial charge is 0.230 e. The molecule has 0 fully saturated rings. The van der Waals surface area contributed by atoms with Gasteiger partial charge in [-0.15, -0.1) is 11.8 Å². The van der Waals surface area contributed by atoms with Crippen LogP contribution < -0.4 is 5.32 Å². The molecule has 0 aliphatic heterocycles. The number of pyridine rings is 1. The molecule has 1 aliphatic rings. The Bertz CT molecular complexity index is 1040. The first-order chi connectivity index (χ1) is 14.6. The molecule has 0 saturated heterocycles. The van der Waals surface area contributed by atoms with Crippen LogP contribution in [-0.4, -0.2) is 22.7 Å². The largest absolute Gasteiger partial charge is 0.353 e. The first-order valence-electron chi connectivity index (χ1n) is 10.7. The molecule has 3 nitrogen and oxygen atoms in total. The molecule has 4 rings (SSSR count). The second-order valence-corrected chi connectivity index (χ2v) is 9.44. The molecule has 1 unspecified atom stereocenters. The first kappa shape index (κ1) is 21.2. The lowest BCUT2D eigenvalue weighted by atomic mass is 9.94. The van der Waals surface area contributed by atoms with E-state index in [1.807, 2.05) is 24.3 Å². The van der Waals surface area contributed by atoms with Gasteiger partial charge in [0, 0.05) is 27.0 Å². The van der Waals surface area contributed by atoms with Crippen molar-refractivity contribution >= 4 is 40.2 Å². The van der Waals surface area contributed by atoms with Crippen molar-refractivity contribution in [2.24, 2.45) is 0 Å². The van der Waals surface area contributed by atoms with E-state index < -0.39 is 0 Å². The van der Waals surface area contributed by atoms with Crippen LogP contribution in [0.25, 0.3) is 10.9 Å². The molecule has 1 N–H and O–H groups in total. The fourth-order valence-electron chi connectivity index (χ4n) is 4.07. The average Bonchev–Trinajstić information content (AvgIpc) is 2.76. The summed E-state index contributed by atoms with van der Waals surface area (Å²) >= 11 is 7.90. The summed E-state index contributed by atoms with van der Waals surface area (Å²) < 4.78 is 0. The minimum absolute atomic E-state index is 0.0807. The van der Waals surface area contributed by atoms with Gasteiger partial charge in [0.2, 0.25) is 5.91 Å². The molecule has 156 valence electrons. The number of amides is 1. The van der Waals surface area contributed by atoms with E-state index >= 15 is 0 Å². The first-order valence-corrected chi connectivity index (χ1v) is 12.0. The Morgan fingerprint density at radius 1 is 1.17 bits per heavy atom. The number of rotatable bonds is 7. The number of carbonyl (C=O) groups is 1. The van der Waals surface area contributed by atoms with E-state index in [2.05, 4.69) is 36.5 Å². The number of hydrogen-bond donors (Lipinski definition) is 1. The average molecular weight is 439 g/mol. The quantitative estimate of drug-likeness (QED) is 0.460. The zero-order valence-electron chi connectivity index (χ0n) is 17.3. The molecule has 0 saturated carbocycles. The maximum absolute atomic E-state index is 12.6. The van der Waals surface area contributed by atoms with Crippen molar-refractivity contribution in [3.63, 3.8) is 0 Å². The minimum atomic E-state index is 0.0807. The number of aryl methyl sites for hydroxylation is 2. The predicted octanol–water partition coefficient (Wildman–Crippen LogP) is 6.00. The summed E-state index contributed by atoms with van der Waals surface area (Å²) in [4.78, 5) is 18.7. The lowest BCUT2D eigenvalue weighted by Gasteiger charge is -2.21. The summed E-state index contributed by atoms with van der Waals surface area (Å²) in [7, 11) is 0. The molecule has 0 bridgehead atoms. The van der Waals surface area contributed by atoms with Crippen LogP contribution in [0.15, 0.2) is 53.4 Å². The highest BCUT2D eigenvalue weighted by Gasteiger charge is 2.20. The second-order valence-electron chi connectivity index (χ2n) is 8.02. The van der Waals surface area contributed by atoms with Crippen LogP contribution in [0.2, 0.25) is 5.02 Å². The number of carbonyl (C=O) groups excluding carboxylic acids is 1. The Kier molecular flexibility index (Phi) is 6.96. The van der Waals surface area contributed by atoms with E-state index in [-0.39, 0.29) is 11.9 Å². The Hall–Kier alpha value is -2.04. The van der Waals surface area contributed by atoms with Crippen LogP contribution >= 0.6 is 23.4 Å². The Morgan fingerprint density at radius 2 is 1.97 bits per heavy atom. The van der Waals surface area contributed by atoms with Gasteiger partial charge >= 0.3 is 0 Å². The van der Waals surface area contributed by atoms with Gasteiger partial charge in [-0.2, -0.15) is 0 Å². The van der Waals surface area contributed by atoms with Crippen LogP contribution in [0, 0.1) is 0 Å². The van der Waals surface area contributed by atoms with Crippen LogP contribution in [-0.2, 0) is 24.1 Å². The molecule has 1 aliphatic carbocycles. The highest BCUT2D eigenvalue weighted by molar-refractivity contribution is 8.00. The normalized spacial score (nSPS) is 14.3. The third-order valence-corrected chi connectivity index (χ3v) is 7.03. The fourth-order valence-corrected chi connectivity index (χ4v) is 5.32. The lowest BCUT2D eigenvalue weighted by Crippen LogP contribution is -2.34. The number of fused-ring (bicyclic) bond motifs is 2. The molecule has 0 spiro atoms. The van der Waals surface area contributed by atoms with Crippen LogP contribution in [0.4, 0.5) is 0 Å². The van der Waals surface area contributed by atoms with Crippen molar-refractivity contribution in [1.29, 1.82) is 0 Å². The molecular weight excluding hydrogens is 412 g/mol. The number of nitrogens with zero attached hydrogens (tertiary/aromatic N) is 1. The summed E-state index contributed by atoms with van der Waals surface area (Å²) in [5.41, 5.74) is 4.78. The third-order valence-electron chi connectivity index (χ3n) is 5.64. The SMILES string of the molecule is CC(CCc1ccccc1)NC(=O)CSc1c2c(nc3ccc(Cl)cc13)CCCC2. The van der Waals surface area contributed by atoms with Crippen LogP contribution in [0.1, 0.15) is 43.0 Å². The summed E-state index contributed by atoms with van der Waals surface area (Å²) in [5.74, 6) is 0.491. The Labute approximate surface area is 187 Å². The molecule has 2 aromatic carbocycles. The highest BCUT2D eigenvalue weighted by Crippen LogP contribution is 2.37. The maximum atomic E-state index is 12.6. The number of nitrogens with one attached hydrogen (secondary N) is 1. The van der Waals surface area contributed by atoms with Gasteiger partial charge in [-0.1, -0.05) is 41.9 Å². The van der Waals surface area contributed by atoms with Crippen LogP contribution in [0.3, 0.4) is 0 Å². The molecule has 0 radical (unpaired) electrons. The molecule has 1 atom stereocenters. The van der Waals surface area contributed by atoms with Gasteiger partial charge in [0.1, 0.15) is 0 Å². The Balaban J connectivity index is 1.42. The molecule has 30 heavy (non-hydrogen) atoms. The summed E-state index contributed by atoms with van der Waals surface area (Å²) in [6.07, 6.45) is 6.31. The number of hydrogen-bond acceptors (Lipinski definition) is 3. The van der Waals surface area contributed by atoms with E-state index in [0.717, 1.165) is 36.6 Å². The van der Waals surface area contributed by atoms with Crippen molar-refractivity contribution in [2.75, 3.05) is 5.75 Å². The summed E-state index contributed by atoms with van der Waals surface area (Å²) in [6.45, 7) is 2.08. The van der Waals surface area contributed by atoms with Crippen molar-refractivity contribution in [2.45, 2.75) is 56.4 Å². The van der Waals surface area contributed by atoms with E-state index in [1.165, 1.54) is 34.6 Å². The molecule has 3 aromatic rings. The molecule has 1 heterocycles. The molecular formula is C25H27ClN2OS. The monoisotopic (exact) mass is 438 g/mol. The predicted molar refractivity (Wildman–Crippen MR) is 126 cm³/mol. The summed E-state index contributed by atoms with van der Waals surface area (Å²) in [6, 6.07) is 16.4. The van der Waals surface area contributed by atoms with Gasteiger partial charge in [-0.25, -0.2) is 0 Å². The van der Waals surface area contributed by atoms with Crippen molar-refractivity contribution in [3.05, 3.63) is 70.4 Å². The molecule has 1 amide bonds. The van der Waals surface area contributed by atoms with Gasteiger partial charge in [-0.05, 0) is 74.8 Å². The van der Waals surface area contributed by atoms with Gasteiger partial charge in [0.15, 0.2) is 0 Å². The van der Waals surface area contributed by atoms with E-state index in [9.17, 15) is 4.79 Å². The van der Waals surface area contributed by atoms with Gasteiger partial charge < -0.3 is 5.32 Å². The van der Waals surface area contributed by atoms with Crippen molar-refractivity contribution in [1.82, 2.24) is 10.3 Å². The molecule has 1 aromatic heterocycles. The highest BCUT2D eigenvalue weighted by atomic mass is 35.5. The number of benzene rings is 2. The zero-order chi connectivity index (χ0) is 20.9. The number of halogens is 1. The second kappa shape index (κ2) is 9.84.